The number of amides is 1. The van der Waals surface area contributed by atoms with Gasteiger partial charge in [-0.15, -0.1) is 0 Å². The van der Waals surface area contributed by atoms with E-state index in [9.17, 15) is 14.0 Å². The van der Waals surface area contributed by atoms with Crippen LogP contribution in [0.2, 0.25) is 0 Å². The fraction of sp³-hybridized carbons (Fsp3) is 0.125. The zero-order valence-corrected chi connectivity index (χ0v) is 11.4. The van der Waals surface area contributed by atoms with Gasteiger partial charge in [0.1, 0.15) is 5.82 Å². The van der Waals surface area contributed by atoms with Crippen molar-refractivity contribution in [3.63, 3.8) is 0 Å². The monoisotopic (exact) mass is 287 g/mol. The molecule has 5 heteroatoms. The van der Waals surface area contributed by atoms with Gasteiger partial charge in [0.2, 0.25) is 6.10 Å². The van der Waals surface area contributed by atoms with Crippen molar-refractivity contribution in [3.05, 3.63) is 59.9 Å². The van der Waals surface area contributed by atoms with Crippen LogP contribution in [0.25, 0.3) is 10.8 Å². The average Bonchev–Trinajstić information content (AvgIpc) is 2.44. The van der Waals surface area contributed by atoms with Gasteiger partial charge in [0.25, 0.3) is 5.91 Å². The molecule has 1 atom stereocenters. The Morgan fingerprint density at radius 2 is 1.81 bits per heavy atom. The largest absolute Gasteiger partial charge is 0.444 e. The first-order chi connectivity index (χ1) is 9.91. The fourth-order valence-corrected chi connectivity index (χ4v) is 2.01. The summed E-state index contributed by atoms with van der Waals surface area (Å²) in [5, 5.41) is 0.713. The van der Waals surface area contributed by atoms with E-state index >= 15 is 0 Å². The molecule has 0 radical (unpaired) electrons. The molecule has 0 aliphatic heterocycles. The Kier molecular flexibility index (Phi) is 4.03. The summed E-state index contributed by atoms with van der Waals surface area (Å²) in [6, 6.07) is 9.01. The number of carbonyl (C=O) groups excluding carboxylic acids is 2. The molecule has 0 saturated heterocycles. The molecule has 0 fully saturated rings. The Morgan fingerprint density at radius 1 is 1.19 bits per heavy atom. The highest BCUT2D eigenvalue weighted by Gasteiger charge is 2.23. The molecule has 2 aromatic rings. The quantitative estimate of drug-likeness (QED) is 0.694. The molecule has 4 nitrogen and oxygen atoms in total. The van der Waals surface area contributed by atoms with Crippen LogP contribution >= 0.6 is 0 Å². The van der Waals surface area contributed by atoms with Crippen molar-refractivity contribution in [2.75, 3.05) is 0 Å². The van der Waals surface area contributed by atoms with E-state index in [1.807, 2.05) is 0 Å². The zero-order valence-electron chi connectivity index (χ0n) is 11.4. The van der Waals surface area contributed by atoms with Crippen LogP contribution in [0.3, 0.4) is 0 Å². The third-order valence-electron chi connectivity index (χ3n) is 3.02. The standard InChI is InChI=1S/C16H14FNO3/c1-9(2)14(15(18)19)21-16(20)12-7-8-13(17)11-6-4-3-5-10(11)12/h3-8,14H,1H2,2H3,(H2,18,19)/t14-/m1/s1. The van der Waals surface area contributed by atoms with Gasteiger partial charge in [0, 0.05) is 5.39 Å². The molecule has 0 aromatic heterocycles. The van der Waals surface area contributed by atoms with Crippen LogP contribution in [-0.4, -0.2) is 18.0 Å². The van der Waals surface area contributed by atoms with E-state index in [1.54, 1.807) is 24.3 Å². The van der Waals surface area contributed by atoms with E-state index < -0.39 is 23.8 Å². The molecule has 1 amide bonds. The minimum Gasteiger partial charge on any atom is -0.444 e. The summed E-state index contributed by atoms with van der Waals surface area (Å²) in [4.78, 5) is 23.4. The van der Waals surface area contributed by atoms with Gasteiger partial charge in [-0.3, -0.25) is 4.79 Å². The molecule has 0 heterocycles. The van der Waals surface area contributed by atoms with Gasteiger partial charge < -0.3 is 10.5 Å². The van der Waals surface area contributed by atoms with Crippen LogP contribution in [0.4, 0.5) is 4.39 Å². The normalized spacial score (nSPS) is 11.9. The number of hydrogen-bond donors (Lipinski definition) is 1. The third kappa shape index (κ3) is 2.91. The number of rotatable bonds is 4. The molecule has 0 saturated carbocycles. The summed E-state index contributed by atoms with van der Waals surface area (Å²) in [5.74, 6) is -1.99. The fourth-order valence-electron chi connectivity index (χ4n) is 2.01. The molecule has 2 N–H and O–H groups in total. The molecular weight excluding hydrogens is 273 g/mol. The van der Waals surface area contributed by atoms with Crippen LogP contribution in [0.15, 0.2) is 48.6 Å². The minimum atomic E-state index is -1.21. The molecule has 0 aliphatic rings. The number of halogens is 1. The summed E-state index contributed by atoms with van der Waals surface area (Å²) in [5.41, 5.74) is 5.65. The topological polar surface area (TPSA) is 69.4 Å². The first kappa shape index (κ1) is 14.7. The number of esters is 1. The summed E-state index contributed by atoms with van der Waals surface area (Å²) in [7, 11) is 0. The van der Waals surface area contributed by atoms with Crippen molar-refractivity contribution < 1.29 is 18.7 Å². The lowest BCUT2D eigenvalue weighted by Crippen LogP contribution is -2.34. The molecule has 0 spiro atoms. The van der Waals surface area contributed by atoms with Crippen molar-refractivity contribution in [1.29, 1.82) is 0 Å². The molecule has 21 heavy (non-hydrogen) atoms. The lowest BCUT2D eigenvalue weighted by atomic mass is 10.0. The molecule has 0 unspecified atom stereocenters. The first-order valence-corrected chi connectivity index (χ1v) is 6.24. The molecule has 0 bridgehead atoms. The number of hydrogen-bond acceptors (Lipinski definition) is 3. The molecule has 108 valence electrons. The Labute approximate surface area is 121 Å². The third-order valence-corrected chi connectivity index (χ3v) is 3.02. The SMILES string of the molecule is C=C(C)[C@@H](OC(=O)c1ccc(F)c2ccccc12)C(N)=O. The van der Waals surface area contributed by atoms with Crippen LogP contribution in [-0.2, 0) is 9.53 Å². The second-order valence-electron chi connectivity index (χ2n) is 4.67. The molecule has 2 aromatic carbocycles. The van der Waals surface area contributed by atoms with E-state index in [4.69, 9.17) is 10.5 Å². The van der Waals surface area contributed by atoms with Crippen LogP contribution in [0, 0.1) is 5.82 Å². The maximum absolute atomic E-state index is 13.7. The van der Waals surface area contributed by atoms with Gasteiger partial charge in [0.05, 0.1) is 5.56 Å². The highest BCUT2D eigenvalue weighted by molar-refractivity contribution is 6.05. The Morgan fingerprint density at radius 3 is 2.38 bits per heavy atom. The number of benzene rings is 2. The van der Waals surface area contributed by atoms with E-state index in [0.29, 0.717) is 16.3 Å². The number of fused-ring (bicyclic) bond motifs is 1. The average molecular weight is 287 g/mol. The van der Waals surface area contributed by atoms with Crippen molar-refractivity contribution in [1.82, 2.24) is 0 Å². The van der Waals surface area contributed by atoms with Gasteiger partial charge >= 0.3 is 5.97 Å². The molecule has 0 aliphatic carbocycles. The molecule has 2 rings (SSSR count). The second-order valence-corrected chi connectivity index (χ2v) is 4.67. The summed E-state index contributed by atoms with van der Waals surface area (Å²) in [6.45, 7) is 5.10. The number of primary amides is 1. The number of nitrogens with two attached hydrogens (primary N) is 1. The van der Waals surface area contributed by atoms with Crippen molar-refractivity contribution in [3.8, 4) is 0 Å². The Hall–Kier alpha value is -2.69. The number of carbonyl (C=O) groups is 2. The highest BCUT2D eigenvalue weighted by atomic mass is 19.1. The zero-order chi connectivity index (χ0) is 15.6. The Balaban J connectivity index is 2.43. The van der Waals surface area contributed by atoms with E-state index in [0.717, 1.165) is 0 Å². The summed E-state index contributed by atoms with van der Waals surface area (Å²) < 4.78 is 18.8. The smallest absolute Gasteiger partial charge is 0.339 e. The lowest BCUT2D eigenvalue weighted by Gasteiger charge is -2.15. The van der Waals surface area contributed by atoms with Crippen molar-refractivity contribution in [2.24, 2.45) is 5.73 Å². The predicted octanol–water partition coefficient (Wildman–Crippen LogP) is 2.57. The van der Waals surface area contributed by atoms with Gasteiger partial charge in [-0.2, -0.15) is 0 Å². The van der Waals surface area contributed by atoms with E-state index in [1.165, 1.54) is 19.1 Å². The van der Waals surface area contributed by atoms with E-state index in [-0.39, 0.29) is 5.56 Å². The number of ether oxygens (including phenoxy) is 1. The molecular formula is C16H14FNO3. The van der Waals surface area contributed by atoms with Gasteiger partial charge in [0.15, 0.2) is 0 Å². The van der Waals surface area contributed by atoms with E-state index in [2.05, 4.69) is 6.58 Å². The van der Waals surface area contributed by atoms with Gasteiger partial charge in [-0.25, -0.2) is 9.18 Å². The van der Waals surface area contributed by atoms with Crippen LogP contribution in [0.1, 0.15) is 17.3 Å². The first-order valence-electron chi connectivity index (χ1n) is 6.24. The van der Waals surface area contributed by atoms with Crippen molar-refractivity contribution in [2.45, 2.75) is 13.0 Å². The predicted molar refractivity (Wildman–Crippen MR) is 77.1 cm³/mol. The maximum atomic E-state index is 13.7. The summed E-state index contributed by atoms with van der Waals surface area (Å²) in [6.07, 6.45) is -1.21. The van der Waals surface area contributed by atoms with Gasteiger partial charge in [-0.05, 0) is 30.0 Å². The maximum Gasteiger partial charge on any atom is 0.339 e. The van der Waals surface area contributed by atoms with Crippen molar-refractivity contribution >= 4 is 22.6 Å². The van der Waals surface area contributed by atoms with Crippen LogP contribution in [0.5, 0.6) is 0 Å². The van der Waals surface area contributed by atoms with Gasteiger partial charge in [-0.1, -0.05) is 30.8 Å². The second kappa shape index (κ2) is 5.75. The highest BCUT2D eigenvalue weighted by Crippen LogP contribution is 2.23. The lowest BCUT2D eigenvalue weighted by molar-refractivity contribution is -0.124. The Bertz CT molecular complexity index is 725. The minimum absolute atomic E-state index is 0.166. The van der Waals surface area contributed by atoms with Crippen LogP contribution < -0.4 is 5.73 Å². The summed E-state index contributed by atoms with van der Waals surface area (Å²) >= 11 is 0.